The first-order chi connectivity index (χ1) is 8.13. The van der Waals surface area contributed by atoms with Gasteiger partial charge in [0.25, 0.3) is 0 Å². The molecule has 2 rings (SSSR count). The highest BCUT2D eigenvalue weighted by atomic mass is 16.5. The lowest BCUT2D eigenvalue weighted by molar-refractivity contribution is 0.363. The Hall–Kier alpha value is -1.22. The van der Waals surface area contributed by atoms with Crippen molar-refractivity contribution in [2.75, 3.05) is 12.8 Å². The van der Waals surface area contributed by atoms with Gasteiger partial charge in [0.2, 0.25) is 0 Å². The van der Waals surface area contributed by atoms with E-state index >= 15 is 0 Å². The molecule has 17 heavy (non-hydrogen) atoms. The van der Waals surface area contributed by atoms with Crippen molar-refractivity contribution in [3.63, 3.8) is 0 Å². The average molecular weight is 234 g/mol. The fourth-order valence-corrected chi connectivity index (χ4v) is 2.50. The van der Waals surface area contributed by atoms with Crippen LogP contribution in [0.4, 0.5) is 5.69 Å². The number of nitrogens with one attached hydrogen (secondary N) is 1. The maximum absolute atomic E-state index is 6.00. The highest BCUT2D eigenvalue weighted by Gasteiger charge is 2.27. The number of anilines is 1. The first-order valence-corrected chi connectivity index (χ1v) is 6.30. The van der Waals surface area contributed by atoms with Crippen LogP contribution in [-0.4, -0.2) is 12.6 Å². The maximum atomic E-state index is 6.00. The predicted octanol–water partition coefficient (Wildman–Crippen LogP) is 2.70. The van der Waals surface area contributed by atoms with E-state index in [1.54, 1.807) is 7.11 Å². The van der Waals surface area contributed by atoms with Gasteiger partial charge in [-0.15, -0.1) is 0 Å². The van der Waals surface area contributed by atoms with Gasteiger partial charge in [0, 0.05) is 23.8 Å². The van der Waals surface area contributed by atoms with Crippen LogP contribution in [0.1, 0.15) is 38.2 Å². The summed E-state index contributed by atoms with van der Waals surface area (Å²) in [6.45, 7) is 3.14. The molecule has 0 heterocycles. The van der Waals surface area contributed by atoms with Gasteiger partial charge in [0.1, 0.15) is 5.75 Å². The molecule has 0 amide bonds. The van der Waals surface area contributed by atoms with Gasteiger partial charge >= 0.3 is 0 Å². The third-order valence-corrected chi connectivity index (χ3v) is 3.77. The van der Waals surface area contributed by atoms with Gasteiger partial charge in [-0.25, -0.2) is 0 Å². The Morgan fingerprint density at radius 3 is 2.65 bits per heavy atom. The second kappa shape index (κ2) is 4.96. The zero-order valence-electron chi connectivity index (χ0n) is 10.8. The molecule has 0 unspecified atom stereocenters. The Kier molecular flexibility index (Phi) is 3.57. The Labute approximate surface area is 103 Å². The monoisotopic (exact) mass is 234 g/mol. The van der Waals surface area contributed by atoms with Gasteiger partial charge in [-0.05, 0) is 31.4 Å². The molecule has 0 bridgehead atoms. The smallest absolute Gasteiger partial charge is 0.120 e. The molecule has 0 radical (unpaired) electrons. The third kappa shape index (κ3) is 2.91. The maximum Gasteiger partial charge on any atom is 0.120 e. The van der Waals surface area contributed by atoms with E-state index in [1.807, 2.05) is 18.2 Å². The summed E-state index contributed by atoms with van der Waals surface area (Å²) in [6.07, 6.45) is 5.20. The van der Waals surface area contributed by atoms with Crippen LogP contribution in [0, 0.1) is 0 Å². The van der Waals surface area contributed by atoms with Gasteiger partial charge in [0.05, 0.1) is 7.11 Å². The quantitative estimate of drug-likeness (QED) is 0.787. The minimum atomic E-state index is 0.298. The SMILES string of the molecule is COc1ccc(CNC2(C)CCCC2)c(N)c1. The number of hydrogen-bond acceptors (Lipinski definition) is 3. The van der Waals surface area contributed by atoms with Gasteiger partial charge in [-0.1, -0.05) is 18.9 Å². The molecule has 0 atom stereocenters. The number of nitrogens with two attached hydrogens (primary N) is 1. The summed E-state index contributed by atoms with van der Waals surface area (Å²) in [5, 5.41) is 3.63. The van der Waals surface area contributed by atoms with Crippen molar-refractivity contribution in [3.8, 4) is 5.75 Å². The van der Waals surface area contributed by atoms with E-state index in [0.717, 1.165) is 23.5 Å². The zero-order chi connectivity index (χ0) is 12.3. The van der Waals surface area contributed by atoms with E-state index in [-0.39, 0.29) is 0 Å². The van der Waals surface area contributed by atoms with E-state index in [0.29, 0.717) is 5.54 Å². The summed E-state index contributed by atoms with van der Waals surface area (Å²) in [4.78, 5) is 0. The molecule has 0 aromatic heterocycles. The molecule has 0 saturated heterocycles. The molecule has 0 aliphatic heterocycles. The van der Waals surface area contributed by atoms with Crippen LogP contribution in [0.25, 0.3) is 0 Å². The first kappa shape index (κ1) is 12.2. The first-order valence-electron chi connectivity index (χ1n) is 6.30. The average Bonchev–Trinajstić information content (AvgIpc) is 2.75. The number of methoxy groups -OCH3 is 1. The fraction of sp³-hybridized carbons (Fsp3) is 0.571. The summed E-state index contributed by atoms with van der Waals surface area (Å²) in [7, 11) is 1.66. The zero-order valence-corrected chi connectivity index (χ0v) is 10.8. The molecule has 3 N–H and O–H groups in total. The Balaban J connectivity index is 1.99. The topological polar surface area (TPSA) is 47.3 Å². The molecule has 3 heteroatoms. The fourth-order valence-electron chi connectivity index (χ4n) is 2.50. The number of nitrogen functional groups attached to an aromatic ring is 1. The molecule has 1 fully saturated rings. The van der Waals surface area contributed by atoms with Crippen LogP contribution < -0.4 is 15.8 Å². The summed E-state index contributed by atoms with van der Waals surface area (Å²) >= 11 is 0. The molecule has 1 aliphatic rings. The number of ether oxygens (including phenoxy) is 1. The van der Waals surface area contributed by atoms with Crippen molar-refractivity contribution in [1.29, 1.82) is 0 Å². The lowest BCUT2D eigenvalue weighted by Crippen LogP contribution is -2.38. The summed E-state index contributed by atoms with van der Waals surface area (Å²) in [6, 6.07) is 5.89. The summed E-state index contributed by atoms with van der Waals surface area (Å²) in [5.74, 6) is 0.818. The largest absolute Gasteiger partial charge is 0.497 e. The number of rotatable bonds is 4. The van der Waals surface area contributed by atoms with Crippen molar-refractivity contribution < 1.29 is 4.74 Å². The second-order valence-corrected chi connectivity index (χ2v) is 5.19. The molecule has 94 valence electrons. The lowest BCUT2D eigenvalue weighted by atomic mass is 10.00. The molecule has 1 aliphatic carbocycles. The van der Waals surface area contributed by atoms with Crippen molar-refractivity contribution in [2.45, 2.75) is 44.7 Å². The predicted molar refractivity (Wildman–Crippen MR) is 71.1 cm³/mol. The van der Waals surface area contributed by atoms with Crippen LogP contribution in [0.2, 0.25) is 0 Å². The van der Waals surface area contributed by atoms with Crippen molar-refractivity contribution in [1.82, 2.24) is 5.32 Å². The van der Waals surface area contributed by atoms with Gasteiger partial charge < -0.3 is 15.8 Å². The molecule has 1 aromatic rings. The normalized spacial score (nSPS) is 18.2. The van der Waals surface area contributed by atoms with Crippen molar-refractivity contribution in [3.05, 3.63) is 23.8 Å². The minimum Gasteiger partial charge on any atom is -0.497 e. The van der Waals surface area contributed by atoms with Crippen LogP contribution in [0.15, 0.2) is 18.2 Å². The van der Waals surface area contributed by atoms with Gasteiger partial charge in [-0.3, -0.25) is 0 Å². The number of benzene rings is 1. The van der Waals surface area contributed by atoms with Crippen LogP contribution in [-0.2, 0) is 6.54 Å². The van der Waals surface area contributed by atoms with E-state index in [4.69, 9.17) is 10.5 Å². The lowest BCUT2D eigenvalue weighted by Gasteiger charge is -2.25. The molecule has 1 aromatic carbocycles. The van der Waals surface area contributed by atoms with Crippen LogP contribution in [0.5, 0.6) is 5.75 Å². The second-order valence-electron chi connectivity index (χ2n) is 5.19. The van der Waals surface area contributed by atoms with E-state index in [9.17, 15) is 0 Å². The van der Waals surface area contributed by atoms with E-state index in [1.165, 1.54) is 25.7 Å². The summed E-state index contributed by atoms with van der Waals surface area (Å²) in [5.41, 5.74) is 8.26. The molecular formula is C14H22N2O. The number of hydrogen-bond donors (Lipinski definition) is 2. The standard InChI is InChI=1S/C14H22N2O/c1-14(7-3-4-8-14)16-10-11-5-6-12(17-2)9-13(11)15/h5-6,9,16H,3-4,7-8,10,15H2,1-2H3. The highest BCUT2D eigenvalue weighted by Crippen LogP contribution is 2.29. The van der Waals surface area contributed by atoms with Crippen LogP contribution >= 0.6 is 0 Å². The Bertz CT molecular complexity index is 384. The van der Waals surface area contributed by atoms with Crippen LogP contribution in [0.3, 0.4) is 0 Å². The molecule has 3 nitrogen and oxygen atoms in total. The van der Waals surface area contributed by atoms with Gasteiger partial charge in [-0.2, -0.15) is 0 Å². The van der Waals surface area contributed by atoms with Crippen molar-refractivity contribution in [2.24, 2.45) is 0 Å². The Morgan fingerprint density at radius 2 is 2.06 bits per heavy atom. The molecule has 0 spiro atoms. The molecule has 1 saturated carbocycles. The summed E-state index contributed by atoms with van der Waals surface area (Å²) < 4.78 is 5.15. The van der Waals surface area contributed by atoms with E-state index in [2.05, 4.69) is 12.2 Å². The molecular weight excluding hydrogens is 212 g/mol. The van der Waals surface area contributed by atoms with Gasteiger partial charge in [0.15, 0.2) is 0 Å². The Morgan fingerprint density at radius 1 is 1.35 bits per heavy atom. The third-order valence-electron chi connectivity index (χ3n) is 3.77. The minimum absolute atomic E-state index is 0.298. The van der Waals surface area contributed by atoms with Crippen molar-refractivity contribution >= 4 is 5.69 Å². The highest BCUT2D eigenvalue weighted by molar-refractivity contribution is 5.51. The van der Waals surface area contributed by atoms with E-state index < -0.39 is 0 Å².